The lowest BCUT2D eigenvalue weighted by Crippen LogP contribution is -2.41. The number of piperidine rings is 1. The van der Waals surface area contributed by atoms with Crippen LogP contribution in [0.3, 0.4) is 0 Å². The van der Waals surface area contributed by atoms with Gasteiger partial charge in [0.05, 0.1) is 0 Å². The molecular weight excluding hydrogens is 363 g/mol. The lowest BCUT2D eigenvalue weighted by Gasteiger charge is -2.34. The number of guanidine groups is 1. The Balaban J connectivity index is 0.00000361. The molecule has 20 heavy (non-hydrogen) atoms. The van der Waals surface area contributed by atoms with Crippen molar-refractivity contribution in [1.82, 2.24) is 10.2 Å². The van der Waals surface area contributed by atoms with E-state index >= 15 is 0 Å². The first-order chi connectivity index (χ1) is 8.99. The molecule has 0 aromatic carbocycles. The molecule has 120 valence electrons. The van der Waals surface area contributed by atoms with E-state index in [4.69, 9.17) is 5.73 Å². The van der Waals surface area contributed by atoms with Gasteiger partial charge in [-0.05, 0) is 51.5 Å². The maximum absolute atomic E-state index is 5.90. The highest BCUT2D eigenvalue weighted by atomic mass is 127. The van der Waals surface area contributed by atoms with Gasteiger partial charge in [-0.3, -0.25) is 4.99 Å². The molecule has 0 amide bonds. The molecule has 1 aliphatic rings. The van der Waals surface area contributed by atoms with E-state index in [1.54, 1.807) is 0 Å². The monoisotopic (exact) mass is 396 g/mol. The lowest BCUT2D eigenvalue weighted by atomic mass is 9.97. The third-order valence-electron chi connectivity index (χ3n) is 3.83. The number of aliphatic imine (C=N–C) groups is 1. The van der Waals surface area contributed by atoms with E-state index in [0.29, 0.717) is 23.8 Å². The van der Waals surface area contributed by atoms with Gasteiger partial charge >= 0.3 is 0 Å². The van der Waals surface area contributed by atoms with Gasteiger partial charge in [-0.1, -0.05) is 13.8 Å². The number of nitrogens with two attached hydrogens (primary N) is 1. The molecule has 0 radical (unpaired) electrons. The molecule has 4 nitrogen and oxygen atoms in total. The van der Waals surface area contributed by atoms with Crippen LogP contribution in [0.2, 0.25) is 0 Å². The zero-order valence-electron chi connectivity index (χ0n) is 13.6. The van der Waals surface area contributed by atoms with Gasteiger partial charge in [0.15, 0.2) is 5.96 Å². The molecule has 1 atom stereocenters. The second-order valence-corrected chi connectivity index (χ2v) is 6.43. The number of hydrogen-bond donors (Lipinski definition) is 2. The molecule has 3 N–H and O–H groups in total. The van der Waals surface area contributed by atoms with Crippen molar-refractivity contribution in [3.63, 3.8) is 0 Å². The minimum absolute atomic E-state index is 0. The van der Waals surface area contributed by atoms with Crippen molar-refractivity contribution < 1.29 is 0 Å². The number of halogens is 1. The standard InChI is InChI=1S/C15H32N4.HI/c1-12(2)7-8-17-15(16)18-10-14-6-5-9-19(11-14)13(3)4;/h12-14H,5-11H2,1-4H3,(H3,16,17,18);1H. The smallest absolute Gasteiger partial charge is 0.188 e. The largest absolute Gasteiger partial charge is 0.370 e. The van der Waals surface area contributed by atoms with Crippen molar-refractivity contribution in [2.24, 2.45) is 22.6 Å². The van der Waals surface area contributed by atoms with Gasteiger partial charge in [0.1, 0.15) is 0 Å². The molecule has 0 bridgehead atoms. The highest BCUT2D eigenvalue weighted by molar-refractivity contribution is 14.0. The molecule has 0 aromatic rings. The lowest BCUT2D eigenvalue weighted by molar-refractivity contribution is 0.143. The minimum Gasteiger partial charge on any atom is -0.370 e. The summed E-state index contributed by atoms with van der Waals surface area (Å²) in [6, 6.07) is 0.647. The number of nitrogens with zero attached hydrogens (tertiary/aromatic N) is 2. The summed E-state index contributed by atoms with van der Waals surface area (Å²) in [6.07, 6.45) is 3.71. The highest BCUT2D eigenvalue weighted by Gasteiger charge is 2.21. The maximum Gasteiger partial charge on any atom is 0.188 e. The second kappa shape index (κ2) is 10.7. The zero-order chi connectivity index (χ0) is 14.3. The second-order valence-electron chi connectivity index (χ2n) is 6.43. The van der Waals surface area contributed by atoms with E-state index in [9.17, 15) is 0 Å². The quantitative estimate of drug-likeness (QED) is 0.412. The van der Waals surface area contributed by atoms with E-state index in [0.717, 1.165) is 19.5 Å². The van der Waals surface area contributed by atoms with E-state index in [-0.39, 0.29) is 24.0 Å². The molecule has 1 heterocycles. The summed E-state index contributed by atoms with van der Waals surface area (Å²) in [4.78, 5) is 7.04. The topological polar surface area (TPSA) is 53.6 Å². The summed E-state index contributed by atoms with van der Waals surface area (Å²) in [5.74, 6) is 1.99. The van der Waals surface area contributed by atoms with E-state index in [1.165, 1.54) is 25.9 Å². The molecule has 1 fully saturated rings. The molecule has 1 unspecified atom stereocenters. The first-order valence-electron chi connectivity index (χ1n) is 7.77. The summed E-state index contributed by atoms with van der Waals surface area (Å²) in [5, 5.41) is 3.20. The number of nitrogens with one attached hydrogen (secondary N) is 1. The van der Waals surface area contributed by atoms with Crippen LogP contribution >= 0.6 is 24.0 Å². The summed E-state index contributed by atoms with van der Waals surface area (Å²) >= 11 is 0. The molecule has 1 rings (SSSR count). The van der Waals surface area contributed by atoms with Crippen molar-refractivity contribution >= 4 is 29.9 Å². The Hall–Kier alpha value is -0.0400. The molecule has 0 aromatic heterocycles. The van der Waals surface area contributed by atoms with Crippen LogP contribution in [0.15, 0.2) is 4.99 Å². The van der Waals surface area contributed by atoms with Crippen LogP contribution in [-0.2, 0) is 0 Å². The Morgan fingerprint density at radius 2 is 2.05 bits per heavy atom. The molecule has 0 spiro atoms. The molecule has 1 aliphatic heterocycles. The Morgan fingerprint density at radius 3 is 2.65 bits per heavy atom. The van der Waals surface area contributed by atoms with Crippen molar-refractivity contribution in [2.75, 3.05) is 26.2 Å². The predicted octanol–water partition coefficient (Wildman–Crippen LogP) is 2.68. The van der Waals surface area contributed by atoms with Crippen molar-refractivity contribution in [2.45, 2.75) is 53.0 Å². The zero-order valence-corrected chi connectivity index (χ0v) is 15.9. The number of rotatable bonds is 6. The SMILES string of the molecule is CC(C)CCNC(N)=NCC1CCCN(C(C)C)C1.I. The van der Waals surface area contributed by atoms with Crippen LogP contribution in [0.5, 0.6) is 0 Å². The van der Waals surface area contributed by atoms with Gasteiger partial charge in [-0.15, -0.1) is 24.0 Å². The third-order valence-corrected chi connectivity index (χ3v) is 3.83. The van der Waals surface area contributed by atoms with Gasteiger partial charge in [0.2, 0.25) is 0 Å². The molecule has 0 saturated carbocycles. The highest BCUT2D eigenvalue weighted by Crippen LogP contribution is 2.18. The van der Waals surface area contributed by atoms with Gasteiger partial charge in [0.25, 0.3) is 0 Å². The van der Waals surface area contributed by atoms with Gasteiger partial charge in [0, 0.05) is 25.7 Å². The summed E-state index contributed by atoms with van der Waals surface area (Å²) < 4.78 is 0. The predicted molar refractivity (Wildman–Crippen MR) is 98.8 cm³/mol. The van der Waals surface area contributed by atoms with E-state index in [2.05, 4.69) is 42.9 Å². The number of hydrogen-bond acceptors (Lipinski definition) is 2. The Kier molecular flexibility index (Phi) is 10.6. The van der Waals surface area contributed by atoms with Crippen LogP contribution in [-0.4, -0.2) is 43.1 Å². The maximum atomic E-state index is 5.90. The Bertz CT molecular complexity index is 279. The fraction of sp³-hybridized carbons (Fsp3) is 0.933. The van der Waals surface area contributed by atoms with Crippen LogP contribution in [0.4, 0.5) is 0 Å². The molecular formula is C15H33IN4. The van der Waals surface area contributed by atoms with Gasteiger partial charge < -0.3 is 16.0 Å². The first-order valence-corrected chi connectivity index (χ1v) is 7.77. The fourth-order valence-electron chi connectivity index (χ4n) is 2.49. The van der Waals surface area contributed by atoms with Crippen LogP contribution < -0.4 is 11.1 Å². The third kappa shape index (κ3) is 8.29. The Labute approximate surface area is 142 Å². The van der Waals surface area contributed by atoms with Crippen LogP contribution in [0, 0.1) is 11.8 Å². The van der Waals surface area contributed by atoms with Gasteiger partial charge in [-0.25, -0.2) is 0 Å². The minimum atomic E-state index is 0. The molecule has 0 aliphatic carbocycles. The van der Waals surface area contributed by atoms with Gasteiger partial charge in [-0.2, -0.15) is 0 Å². The normalized spacial score (nSPS) is 21.1. The first kappa shape index (κ1) is 20.0. The number of likely N-dealkylation sites (tertiary alicyclic amines) is 1. The molecule has 1 saturated heterocycles. The average molecular weight is 396 g/mol. The van der Waals surface area contributed by atoms with Crippen LogP contribution in [0.25, 0.3) is 0 Å². The van der Waals surface area contributed by atoms with E-state index in [1.807, 2.05) is 0 Å². The van der Waals surface area contributed by atoms with Crippen molar-refractivity contribution in [1.29, 1.82) is 0 Å². The summed E-state index contributed by atoms with van der Waals surface area (Å²) in [5.41, 5.74) is 5.90. The molecule has 5 heteroatoms. The Morgan fingerprint density at radius 1 is 1.35 bits per heavy atom. The van der Waals surface area contributed by atoms with Crippen molar-refractivity contribution in [3.05, 3.63) is 0 Å². The summed E-state index contributed by atoms with van der Waals surface area (Å²) in [6.45, 7) is 13.2. The van der Waals surface area contributed by atoms with Crippen molar-refractivity contribution in [3.8, 4) is 0 Å². The van der Waals surface area contributed by atoms with Crippen LogP contribution in [0.1, 0.15) is 47.0 Å². The van der Waals surface area contributed by atoms with E-state index < -0.39 is 0 Å². The fourth-order valence-corrected chi connectivity index (χ4v) is 2.49. The average Bonchev–Trinajstić information content (AvgIpc) is 2.36. The summed E-state index contributed by atoms with van der Waals surface area (Å²) in [7, 11) is 0.